The van der Waals surface area contributed by atoms with Gasteiger partial charge in [0.2, 0.25) is 0 Å². The van der Waals surface area contributed by atoms with Crippen molar-refractivity contribution in [3.63, 3.8) is 0 Å². The molecule has 6 heteroatoms. The second kappa shape index (κ2) is 7.52. The average Bonchev–Trinajstić information content (AvgIpc) is 2.48. The van der Waals surface area contributed by atoms with Crippen LogP contribution in [-0.2, 0) is 0 Å². The van der Waals surface area contributed by atoms with Gasteiger partial charge >= 0.3 is 7.12 Å². The maximum Gasteiger partial charge on any atom is 0.492 e. The fourth-order valence-electron chi connectivity index (χ4n) is 2.45. The Balaban J connectivity index is 1.91. The zero-order chi connectivity index (χ0) is 14.4. The SMILES string of the molecule is COc1ccc(OCCN2CCCCC2)c(B(O)O)c1. The largest absolute Gasteiger partial charge is 0.497 e. The van der Waals surface area contributed by atoms with Crippen LogP contribution in [0.4, 0.5) is 0 Å². The number of nitrogens with zero attached hydrogens (tertiary/aromatic N) is 1. The van der Waals surface area contributed by atoms with Crippen molar-refractivity contribution in [3.8, 4) is 11.5 Å². The number of methoxy groups -OCH3 is 1. The van der Waals surface area contributed by atoms with E-state index in [9.17, 15) is 10.0 Å². The Labute approximate surface area is 120 Å². The molecule has 0 unspecified atom stereocenters. The first-order valence-corrected chi connectivity index (χ1v) is 7.10. The van der Waals surface area contributed by atoms with Crippen molar-refractivity contribution in [1.29, 1.82) is 0 Å². The zero-order valence-electron chi connectivity index (χ0n) is 11.9. The van der Waals surface area contributed by atoms with E-state index in [4.69, 9.17) is 9.47 Å². The molecule has 0 radical (unpaired) electrons. The Hall–Kier alpha value is -1.24. The Morgan fingerprint density at radius 3 is 2.60 bits per heavy atom. The van der Waals surface area contributed by atoms with Gasteiger partial charge in [0.05, 0.1) is 7.11 Å². The van der Waals surface area contributed by atoms with Crippen LogP contribution in [0.3, 0.4) is 0 Å². The molecule has 0 spiro atoms. The van der Waals surface area contributed by atoms with Crippen LogP contribution in [0.25, 0.3) is 0 Å². The van der Waals surface area contributed by atoms with Gasteiger partial charge in [0.15, 0.2) is 0 Å². The molecule has 1 aromatic rings. The Kier molecular flexibility index (Phi) is 5.70. The summed E-state index contributed by atoms with van der Waals surface area (Å²) in [6, 6.07) is 5.05. The van der Waals surface area contributed by atoms with Crippen LogP contribution in [0.1, 0.15) is 19.3 Å². The highest BCUT2D eigenvalue weighted by Crippen LogP contribution is 2.16. The first kappa shape index (κ1) is 15.2. The molecule has 5 nitrogen and oxygen atoms in total. The van der Waals surface area contributed by atoms with Crippen LogP contribution in [0.2, 0.25) is 0 Å². The summed E-state index contributed by atoms with van der Waals surface area (Å²) in [6.45, 7) is 3.67. The van der Waals surface area contributed by atoms with Crippen LogP contribution < -0.4 is 14.9 Å². The summed E-state index contributed by atoms with van der Waals surface area (Å²) in [5, 5.41) is 18.8. The fraction of sp³-hybridized carbons (Fsp3) is 0.571. The van der Waals surface area contributed by atoms with Crippen LogP contribution in [0, 0.1) is 0 Å². The van der Waals surface area contributed by atoms with Gasteiger partial charge in [-0.15, -0.1) is 0 Å². The van der Waals surface area contributed by atoms with Gasteiger partial charge in [-0.1, -0.05) is 6.42 Å². The van der Waals surface area contributed by atoms with Gasteiger partial charge < -0.3 is 19.5 Å². The highest BCUT2D eigenvalue weighted by Gasteiger charge is 2.18. The molecule has 1 aliphatic rings. The lowest BCUT2D eigenvalue weighted by atomic mass is 9.79. The van der Waals surface area contributed by atoms with Crippen molar-refractivity contribution in [3.05, 3.63) is 18.2 Å². The van der Waals surface area contributed by atoms with Crippen LogP contribution in [0.5, 0.6) is 11.5 Å². The van der Waals surface area contributed by atoms with Crippen molar-refractivity contribution >= 4 is 12.6 Å². The highest BCUT2D eigenvalue weighted by atomic mass is 16.5. The van der Waals surface area contributed by atoms with E-state index in [0.29, 0.717) is 23.6 Å². The maximum atomic E-state index is 9.38. The molecule has 1 aromatic carbocycles. The van der Waals surface area contributed by atoms with Crippen molar-refractivity contribution in [1.82, 2.24) is 4.90 Å². The summed E-state index contributed by atoms with van der Waals surface area (Å²) < 4.78 is 10.8. The fourth-order valence-corrected chi connectivity index (χ4v) is 2.45. The van der Waals surface area contributed by atoms with Crippen LogP contribution in [-0.4, -0.2) is 55.4 Å². The number of piperidine rings is 1. The third kappa shape index (κ3) is 4.13. The molecule has 0 saturated carbocycles. The van der Waals surface area contributed by atoms with E-state index in [2.05, 4.69) is 4.90 Å². The lowest BCUT2D eigenvalue weighted by Crippen LogP contribution is -2.35. The number of ether oxygens (including phenoxy) is 2. The number of hydrogen-bond acceptors (Lipinski definition) is 5. The minimum Gasteiger partial charge on any atom is -0.497 e. The van der Waals surface area contributed by atoms with Gasteiger partial charge in [-0.25, -0.2) is 0 Å². The second-order valence-corrected chi connectivity index (χ2v) is 5.03. The van der Waals surface area contributed by atoms with Gasteiger partial charge in [0.25, 0.3) is 0 Å². The topological polar surface area (TPSA) is 62.2 Å². The predicted molar refractivity (Wildman–Crippen MR) is 78.6 cm³/mol. The van der Waals surface area contributed by atoms with Crippen molar-refractivity contribution < 1.29 is 19.5 Å². The molecule has 1 heterocycles. The summed E-state index contributed by atoms with van der Waals surface area (Å²) >= 11 is 0. The molecule has 1 saturated heterocycles. The molecule has 0 amide bonds. The smallest absolute Gasteiger partial charge is 0.492 e. The lowest BCUT2D eigenvalue weighted by molar-refractivity contribution is 0.183. The summed E-state index contributed by atoms with van der Waals surface area (Å²) in [7, 11) is -0.0187. The minimum atomic E-state index is -1.56. The molecule has 2 rings (SSSR count). The molecular formula is C14H22BNO4. The van der Waals surface area contributed by atoms with Crippen LogP contribution >= 0.6 is 0 Å². The van der Waals surface area contributed by atoms with Crippen molar-refractivity contribution in [2.24, 2.45) is 0 Å². The minimum absolute atomic E-state index is 0.336. The van der Waals surface area contributed by atoms with E-state index in [-0.39, 0.29) is 0 Å². The van der Waals surface area contributed by atoms with Gasteiger partial charge in [-0.3, -0.25) is 4.90 Å². The molecular weight excluding hydrogens is 257 g/mol. The Bertz CT molecular complexity index is 422. The molecule has 20 heavy (non-hydrogen) atoms. The molecule has 110 valence electrons. The molecule has 1 aliphatic heterocycles. The number of rotatable bonds is 6. The van der Waals surface area contributed by atoms with Gasteiger partial charge in [0, 0.05) is 12.0 Å². The third-order valence-corrected chi connectivity index (χ3v) is 3.61. The summed E-state index contributed by atoms with van der Waals surface area (Å²) in [6.07, 6.45) is 3.82. The van der Waals surface area contributed by atoms with Crippen molar-refractivity contribution in [2.75, 3.05) is 33.4 Å². The lowest BCUT2D eigenvalue weighted by Gasteiger charge is -2.26. The predicted octanol–water partition coefficient (Wildman–Crippen LogP) is 0.240. The Morgan fingerprint density at radius 1 is 1.20 bits per heavy atom. The Morgan fingerprint density at radius 2 is 1.95 bits per heavy atom. The molecule has 1 fully saturated rings. The molecule has 2 N–H and O–H groups in total. The number of benzene rings is 1. The molecule has 0 atom stereocenters. The van der Waals surface area contributed by atoms with Crippen LogP contribution in [0.15, 0.2) is 18.2 Å². The monoisotopic (exact) mass is 279 g/mol. The number of hydrogen-bond donors (Lipinski definition) is 2. The van der Waals surface area contributed by atoms with E-state index in [1.165, 1.54) is 19.3 Å². The summed E-state index contributed by atoms with van der Waals surface area (Å²) in [4.78, 5) is 2.38. The summed E-state index contributed by atoms with van der Waals surface area (Å²) in [5.41, 5.74) is 0.336. The van der Waals surface area contributed by atoms with Crippen molar-refractivity contribution in [2.45, 2.75) is 19.3 Å². The second-order valence-electron chi connectivity index (χ2n) is 5.03. The molecule has 0 aromatic heterocycles. The standard InChI is InChI=1S/C14H22BNO4/c1-19-12-5-6-14(13(11-12)15(17)18)20-10-9-16-7-3-2-4-8-16/h5-6,11,17-18H,2-4,7-10H2,1H3. The maximum absolute atomic E-state index is 9.38. The van der Waals surface area contributed by atoms with E-state index >= 15 is 0 Å². The molecule has 0 aliphatic carbocycles. The van der Waals surface area contributed by atoms with E-state index < -0.39 is 7.12 Å². The first-order valence-electron chi connectivity index (χ1n) is 7.10. The van der Waals surface area contributed by atoms with Gasteiger partial charge in [-0.05, 0) is 44.1 Å². The average molecular weight is 279 g/mol. The third-order valence-electron chi connectivity index (χ3n) is 3.61. The zero-order valence-corrected chi connectivity index (χ0v) is 11.9. The number of likely N-dealkylation sites (tertiary alicyclic amines) is 1. The normalized spacial score (nSPS) is 15.9. The molecule has 0 bridgehead atoms. The van der Waals surface area contributed by atoms with E-state index in [1.807, 2.05) is 0 Å². The van der Waals surface area contributed by atoms with E-state index in [1.54, 1.807) is 25.3 Å². The highest BCUT2D eigenvalue weighted by molar-refractivity contribution is 6.59. The summed E-state index contributed by atoms with van der Waals surface area (Å²) in [5.74, 6) is 1.08. The first-order chi connectivity index (χ1) is 9.70. The van der Waals surface area contributed by atoms with Gasteiger partial charge in [-0.2, -0.15) is 0 Å². The van der Waals surface area contributed by atoms with Gasteiger partial charge in [0.1, 0.15) is 18.1 Å². The van der Waals surface area contributed by atoms with E-state index in [0.717, 1.165) is 19.6 Å². The quantitative estimate of drug-likeness (QED) is 0.730.